The summed E-state index contributed by atoms with van der Waals surface area (Å²) in [5.41, 5.74) is 0.367. The minimum atomic E-state index is -0.837. The van der Waals surface area contributed by atoms with E-state index in [9.17, 15) is 14.7 Å². The Morgan fingerprint density at radius 1 is 1.42 bits per heavy atom. The summed E-state index contributed by atoms with van der Waals surface area (Å²) in [4.78, 5) is 22.2. The Kier molecular flexibility index (Phi) is 5.82. The predicted octanol–water partition coefficient (Wildman–Crippen LogP) is 2.39. The average Bonchev–Trinajstić information content (AvgIpc) is 2.36. The zero-order chi connectivity index (χ0) is 14.4. The van der Waals surface area contributed by atoms with Crippen molar-refractivity contribution in [2.45, 2.75) is 19.8 Å². The number of aromatic hydroxyl groups is 1. The molecule has 1 rings (SSSR count). The Morgan fingerprint density at radius 3 is 2.68 bits per heavy atom. The molecule has 1 aromatic rings. The van der Waals surface area contributed by atoms with Crippen molar-refractivity contribution in [1.82, 2.24) is 5.32 Å². The van der Waals surface area contributed by atoms with Gasteiger partial charge in [0.2, 0.25) is 0 Å². The van der Waals surface area contributed by atoms with E-state index in [-0.39, 0.29) is 24.0 Å². The molecule has 0 saturated carbocycles. The van der Waals surface area contributed by atoms with E-state index in [1.54, 1.807) is 12.1 Å². The Bertz CT molecular complexity index is 476. The first kappa shape index (κ1) is 15.5. The molecule has 19 heavy (non-hydrogen) atoms. The fourth-order valence-corrected chi connectivity index (χ4v) is 1.74. The van der Waals surface area contributed by atoms with Crippen LogP contribution in [0.5, 0.6) is 5.75 Å². The van der Waals surface area contributed by atoms with Crippen LogP contribution in [0.15, 0.2) is 22.7 Å². The third-order valence-electron chi connectivity index (χ3n) is 2.67. The van der Waals surface area contributed by atoms with E-state index in [2.05, 4.69) is 21.2 Å². The standard InChI is InChI=1S/C13H16BrNO4/c1-8(2-5-12(17)18)7-15-13(19)9-3-4-10(14)11(16)6-9/h3-4,6,8,16H,2,5,7H2,1H3,(H,15,19)(H,17,18). The number of amides is 1. The molecular weight excluding hydrogens is 314 g/mol. The highest BCUT2D eigenvalue weighted by Crippen LogP contribution is 2.24. The number of hydrogen-bond donors (Lipinski definition) is 3. The number of halogens is 1. The van der Waals surface area contributed by atoms with E-state index in [4.69, 9.17) is 5.11 Å². The number of carbonyl (C=O) groups is 2. The number of rotatable bonds is 6. The minimum absolute atomic E-state index is 0.00609. The van der Waals surface area contributed by atoms with Crippen molar-refractivity contribution in [3.63, 3.8) is 0 Å². The first-order valence-corrected chi connectivity index (χ1v) is 6.68. The van der Waals surface area contributed by atoms with Gasteiger partial charge in [-0.3, -0.25) is 9.59 Å². The second kappa shape index (κ2) is 7.13. The number of carbonyl (C=O) groups excluding carboxylic acids is 1. The molecule has 0 aliphatic rings. The van der Waals surface area contributed by atoms with Gasteiger partial charge in [0, 0.05) is 18.5 Å². The predicted molar refractivity (Wildman–Crippen MR) is 74.2 cm³/mol. The maximum atomic E-state index is 11.8. The summed E-state index contributed by atoms with van der Waals surface area (Å²) in [7, 11) is 0. The van der Waals surface area contributed by atoms with Crippen LogP contribution < -0.4 is 5.32 Å². The third kappa shape index (κ3) is 5.30. The van der Waals surface area contributed by atoms with Crippen molar-refractivity contribution in [2.24, 2.45) is 5.92 Å². The van der Waals surface area contributed by atoms with Crippen LogP contribution >= 0.6 is 15.9 Å². The van der Waals surface area contributed by atoms with Crippen LogP contribution in [0.25, 0.3) is 0 Å². The summed E-state index contributed by atoms with van der Waals surface area (Å²) < 4.78 is 0.527. The summed E-state index contributed by atoms with van der Waals surface area (Å²) in [5, 5.41) is 20.7. The summed E-state index contributed by atoms with van der Waals surface area (Å²) in [6.07, 6.45) is 0.608. The lowest BCUT2D eigenvalue weighted by molar-refractivity contribution is -0.137. The molecule has 1 atom stereocenters. The van der Waals surface area contributed by atoms with E-state index in [0.29, 0.717) is 23.0 Å². The zero-order valence-electron chi connectivity index (χ0n) is 10.5. The summed E-state index contributed by atoms with van der Waals surface area (Å²) in [5.74, 6) is -1.03. The number of aliphatic carboxylic acids is 1. The van der Waals surface area contributed by atoms with Crippen LogP contribution in [0.2, 0.25) is 0 Å². The lowest BCUT2D eigenvalue weighted by atomic mass is 10.1. The highest BCUT2D eigenvalue weighted by atomic mass is 79.9. The first-order valence-electron chi connectivity index (χ1n) is 5.88. The van der Waals surface area contributed by atoms with Crippen molar-refractivity contribution >= 4 is 27.8 Å². The quantitative estimate of drug-likeness (QED) is 0.747. The number of carboxylic acid groups (broad SMARTS) is 1. The summed E-state index contributed by atoms with van der Waals surface area (Å²) >= 11 is 3.14. The van der Waals surface area contributed by atoms with Crippen LogP contribution in [0.4, 0.5) is 0 Å². The van der Waals surface area contributed by atoms with Gasteiger partial charge >= 0.3 is 5.97 Å². The van der Waals surface area contributed by atoms with Crippen molar-refractivity contribution < 1.29 is 19.8 Å². The van der Waals surface area contributed by atoms with Crippen molar-refractivity contribution in [3.8, 4) is 5.75 Å². The van der Waals surface area contributed by atoms with Gasteiger partial charge in [0.25, 0.3) is 5.91 Å². The van der Waals surface area contributed by atoms with Gasteiger partial charge in [-0.1, -0.05) is 6.92 Å². The van der Waals surface area contributed by atoms with Gasteiger partial charge in [0.15, 0.2) is 0 Å². The number of phenols is 1. The third-order valence-corrected chi connectivity index (χ3v) is 3.34. The average molecular weight is 330 g/mol. The monoisotopic (exact) mass is 329 g/mol. The van der Waals surface area contributed by atoms with E-state index in [1.807, 2.05) is 6.92 Å². The van der Waals surface area contributed by atoms with Crippen LogP contribution in [-0.2, 0) is 4.79 Å². The van der Waals surface area contributed by atoms with Crippen LogP contribution in [0.1, 0.15) is 30.1 Å². The SMILES string of the molecule is CC(CCC(=O)O)CNC(=O)c1ccc(Br)c(O)c1. The number of carboxylic acids is 1. The molecule has 0 radical (unpaired) electrons. The van der Waals surface area contributed by atoms with Gasteiger partial charge in [-0.15, -0.1) is 0 Å². The molecule has 3 N–H and O–H groups in total. The molecular formula is C13H16BrNO4. The van der Waals surface area contributed by atoms with Crippen molar-refractivity contribution in [1.29, 1.82) is 0 Å². The largest absolute Gasteiger partial charge is 0.507 e. The van der Waals surface area contributed by atoms with Gasteiger partial charge in [-0.05, 0) is 46.5 Å². The van der Waals surface area contributed by atoms with E-state index in [1.165, 1.54) is 6.07 Å². The van der Waals surface area contributed by atoms with Crippen LogP contribution in [0, 0.1) is 5.92 Å². The Morgan fingerprint density at radius 2 is 2.11 bits per heavy atom. The van der Waals surface area contributed by atoms with Crippen LogP contribution in [0.3, 0.4) is 0 Å². The first-order chi connectivity index (χ1) is 8.90. The fourth-order valence-electron chi connectivity index (χ4n) is 1.49. The Balaban J connectivity index is 2.46. The number of nitrogens with one attached hydrogen (secondary N) is 1. The second-order valence-corrected chi connectivity index (χ2v) is 5.27. The molecule has 0 aromatic heterocycles. The molecule has 6 heteroatoms. The molecule has 0 fully saturated rings. The lowest BCUT2D eigenvalue weighted by Crippen LogP contribution is -2.28. The Hall–Kier alpha value is -1.56. The van der Waals surface area contributed by atoms with E-state index >= 15 is 0 Å². The highest BCUT2D eigenvalue weighted by Gasteiger charge is 2.10. The summed E-state index contributed by atoms with van der Waals surface area (Å²) in [6, 6.07) is 4.57. The molecule has 0 heterocycles. The molecule has 0 saturated heterocycles. The number of hydrogen-bond acceptors (Lipinski definition) is 3. The maximum Gasteiger partial charge on any atom is 0.303 e. The number of phenolic OH excluding ortho intramolecular Hbond substituents is 1. The normalized spacial score (nSPS) is 11.9. The molecule has 5 nitrogen and oxygen atoms in total. The van der Waals surface area contributed by atoms with E-state index < -0.39 is 5.97 Å². The molecule has 0 aliphatic carbocycles. The number of benzene rings is 1. The van der Waals surface area contributed by atoms with Crippen molar-refractivity contribution in [2.75, 3.05) is 6.54 Å². The fraction of sp³-hybridized carbons (Fsp3) is 0.385. The molecule has 1 aromatic carbocycles. The topological polar surface area (TPSA) is 86.6 Å². The Labute approximate surface area is 119 Å². The highest BCUT2D eigenvalue weighted by molar-refractivity contribution is 9.10. The lowest BCUT2D eigenvalue weighted by Gasteiger charge is -2.11. The van der Waals surface area contributed by atoms with Gasteiger partial charge in [0.05, 0.1) is 4.47 Å². The van der Waals surface area contributed by atoms with Gasteiger partial charge < -0.3 is 15.5 Å². The smallest absolute Gasteiger partial charge is 0.303 e. The molecule has 0 bridgehead atoms. The van der Waals surface area contributed by atoms with Crippen molar-refractivity contribution in [3.05, 3.63) is 28.2 Å². The van der Waals surface area contributed by atoms with E-state index in [0.717, 1.165) is 0 Å². The van der Waals surface area contributed by atoms with Gasteiger partial charge in [0.1, 0.15) is 5.75 Å². The summed E-state index contributed by atoms with van der Waals surface area (Å²) in [6.45, 7) is 2.28. The molecule has 0 aliphatic heterocycles. The molecule has 104 valence electrons. The van der Waals surface area contributed by atoms with Gasteiger partial charge in [-0.25, -0.2) is 0 Å². The molecule has 0 spiro atoms. The maximum absolute atomic E-state index is 11.8. The van der Waals surface area contributed by atoms with Gasteiger partial charge in [-0.2, -0.15) is 0 Å². The van der Waals surface area contributed by atoms with Crippen LogP contribution in [-0.4, -0.2) is 28.6 Å². The minimum Gasteiger partial charge on any atom is -0.507 e. The second-order valence-electron chi connectivity index (χ2n) is 4.41. The molecule has 1 amide bonds. The molecule has 1 unspecified atom stereocenters. The zero-order valence-corrected chi connectivity index (χ0v) is 12.1.